The highest BCUT2D eigenvalue weighted by molar-refractivity contribution is 6.33. The minimum atomic E-state index is 0.544. The molecule has 0 saturated heterocycles. The van der Waals surface area contributed by atoms with Crippen molar-refractivity contribution in [2.24, 2.45) is 7.05 Å². The van der Waals surface area contributed by atoms with Crippen molar-refractivity contribution >= 4 is 40.1 Å². The zero-order valence-corrected chi connectivity index (χ0v) is 12.3. The van der Waals surface area contributed by atoms with Crippen LogP contribution >= 0.6 is 23.2 Å². The number of nitrogens with one attached hydrogen (secondary N) is 1. The molecular weight excluding hydrogens is 295 g/mol. The first-order valence-electron chi connectivity index (χ1n) is 6.09. The number of pyridine rings is 1. The Labute approximate surface area is 126 Å². The summed E-state index contributed by atoms with van der Waals surface area (Å²) in [5, 5.41) is 4.59. The summed E-state index contributed by atoms with van der Waals surface area (Å²) >= 11 is 12.1. The molecule has 0 saturated carbocycles. The first kappa shape index (κ1) is 13.2. The van der Waals surface area contributed by atoms with E-state index >= 15 is 0 Å². The second-order valence-electron chi connectivity index (χ2n) is 4.47. The van der Waals surface area contributed by atoms with Crippen LogP contribution in [0.2, 0.25) is 10.0 Å². The number of benzene rings is 1. The van der Waals surface area contributed by atoms with E-state index in [2.05, 4.69) is 15.3 Å². The highest BCUT2D eigenvalue weighted by atomic mass is 35.5. The van der Waals surface area contributed by atoms with Crippen molar-refractivity contribution in [2.45, 2.75) is 6.54 Å². The first-order chi connectivity index (χ1) is 9.65. The van der Waals surface area contributed by atoms with Gasteiger partial charge in [0.05, 0.1) is 11.8 Å². The number of aromatic nitrogens is 3. The molecule has 0 amide bonds. The molecule has 0 unspecified atom stereocenters. The Kier molecular flexibility index (Phi) is 3.51. The Hall–Kier alpha value is -1.78. The summed E-state index contributed by atoms with van der Waals surface area (Å²) in [5.74, 6) is 0.735. The third-order valence-corrected chi connectivity index (χ3v) is 3.70. The van der Waals surface area contributed by atoms with Crippen molar-refractivity contribution < 1.29 is 0 Å². The highest BCUT2D eigenvalue weighted by Gasteiger charge is 2.07. The second kappa shape index (κ2) is 5.31. The van der Waals surface area contributed by atoms with E-state index in [1.54, 1.807) is 24.7 Å². The van der Waals surface area contributed by atoms with Crippen LogP contribution in [0.1, 0.15) is 5.56 Å². The molecule has 2 heterocycles. The highest BCUT2D eigenvalue weighted by Crippen LogP contribution is 2.23. The van der Waals surface area contributed by atoms with Gasteiger partial charge in [-0.1, -0.05) is 23.2 Å². The largest absolute Gasteiger partial charge is 0.364 e. The van der Waals surface area contributed by atoms with Crippen LogP contribution in [-0.2, 0) is 13.6 Å². The van der Waals surface area contributed by atoms with Gasteiger partial charge in [0, 0.05) is 29.8 Å². The summed E-state index contributed by atoms with van der Waals surface area (Å²) in [7, 11) is 1.95. The standard InChI is InChI=1S/C14H12Cl2N4/c1-20-8-19-13-12(20)4-5-17-14(13)18-7-9-6-10(15)2-3-11(9)16/h2-6,8H,7H2,1H3,(H,17,18). The zero-order chi connectivity index (χ0) is 14.1. The van der Waals surface area contributed by atoms with E-state index < -0.39 is 0 Å². The fourth-order valence-electron chi connectivity index (χ4n) is 2.05. The van der Waals surface area contributed by atoms with E-state index in [4.69, 9.17) is 23.2 Å². The number of hydrogen-bond acceptors (Lipinski definition) is 3. The molecule has 0 aliphatic heterocycles. The Morgan fingerprint density at radius 2 is 2.05 bits per heavy atom. The molecule has 1 aromatic carbocycles. The number of fused-ring (bicyclic) bond motifs is 1. The molecule has 1 N–H and O–H groups in total. The second-order valence-corrected chi connectivity index (χ2v) is 5.32. The number of imidazole rings is 1. The van der Waals surface area contributed by atoms with Crippen molar-refractivity contribution in [2.75, 3.05) is 5.32 Å². The molecule has 2 aromatic heterocycles. The van der Waals surface area contributed by atoms with Gasteiger partial charge in [-0.2, -0.15) is 0 Å². The third-order valence-electron chi connectivity index (χ3n) is 3.10. The summed E-state index contributed by atoms with van der Waals surface area (Å²) in [6.45, 7) is 0.544. The van der Waals surface area contributed by atoms with Crippen LogP contribution in [0.15, 0.2) is 36.8 Å². The molecule has 4 nitrogen and oxygen atoms in total. The first-order valence-corrected chi connectivity index (χ1v) is 6.84. The topological polar surface area (TPSA) is 42.7 Å². The lowest BCUT2D eigenvalue weighted by atomic mass is 10.2. The Morgan fingerprint density at radius 1 is 1.20 bits per heavy atom. The average Bonchev–Trinajstić information content (AvgIpc) is 2.82. The number of anilines is 1. The molecule has 0 radical (unpaired) electrons. The molecule has 3 rings (SSSR count). The van der Waals surface area contributed by atoms with Gasteiger partial charge in [-0.15, -0.1) is 0 Å². The van der Waals surface area contributed by atoms with E-state index in [1.807, 2.05) is 23.7 Å². The number of nitrogens with zero attached hydrogens (tertiary/aromatic N) is 3. The fraction of sp³-hybridized carbons (Fsp3) is 0.143. The lowest BCUT2D eigenvalue weighted by molar-refractivity contribution is 0.947. The number of halogens is 2. The van der Waals surface area contributed by atoms with E-state index in [9.17, 15) is 0 Å². The van der Waals surface area contributed by atoms with Crippen molar-refractivity contribution in [1.82, 2.24) is 14.5 Å². The average molecular weight is 307 g/mol. The summed E-state index contributed by atoms with van der Waals surface area (Å²) in [6, 6.07) is 7.33. The molecular formula is C14H12Cl2N4. The summed E-state index contributed by atoms with van der Waals surface area (Å²) in [5.41, 5.74) is 2.79. The SMILES string of the molecule is Cn1cnc2c(NCc3cc(Cl)ccc3Cl)nccc21. The Balaban J connectivity index is 1.88. The van der Waals surface area contributed by atoms with E-state index in [1.165, 1.54) is 0 Å². The normalized spacial score (nSPS) is 10.9. The smallest absolute Gasteiger partial charge is 0.154 e. The van der Waals surface area contributed by atoms with Gasteiger partial charge in [-0.05, 0) is 29.8 Å². The fourth-order valence-corrected chi connectivity index (χ4v) is 2.43. The van der Waals surface area contributed by atoms with Crippen LogP contribution in [0.3, 0.4) is 0 Å². The molecule has 0 spiro atoms. The third kappa shape index (κ3) is 2.44. The van der Waals surface area contributed by atoms with Gasteiger partial charge in [0.1, 0.15) is 5.52 Å². The molecule has 3 aromatic rings. The molecule has 0 atom stereocenters. The van der Waals surface area contributed by atoms with Gasteiger partial charge >= 0.3 is 0 Å². The molecule has 0 bridgehead atoms. The molecule has 20 heavy (non-hydrogen) atoms. The predicted molar refractivity (Wildman–Crippen MR) is 82.3 cm³/mol. The maximum Gasteiger partial charge on any atom is 0.154 e. The minimum Gasteiger partial charge on any atom is -0.364 e. The van der Waals surface area contributed by atoms with Gasteiger partial charge < -0.3 is 9.88 Å². The molecule has 0 aliphatic carbocycles. The lowest BCUT2D eigenvalue weighted by Crippen LogP contribution is -2.02. The van der Waals surface area contributed by atoms with E-state index in [-0.39, 0.29) is 0 Å². The maximum atomic E-state index is 6.15. The molecule has 0 fully saturated rings. The van der Waals surface area contributed by atoms with Crippen molar-refractivity contribution in [3.63, 3.8) is 0 Å². The summed E-state index contributed by atoms with van der Waals surface area (Å²) in [4.78, 5) is 8.67. The van der Waals surface area contributed by atoms with Gasteiger partial charge in [-0.25, -0.2) is 9.97 Å². The van der Waals surface area contributed by atoms with Crippen LogP contribution in [0.5, 0.6) is 0 Å². The van der Waals surface area contributed by atoms with Crippen molar-refractivity contribution in [3.05, 3.63) is 52.4 Å². The summed E-state index contributed by atoms with van der Waals surface area (Å²) in [6.07, 6.45) is 3.52. The minimum absolute atomic E-state index is 0.544. The van der Waals surface area contributed by atoms with Crippen LogP contribution in [0.4, 0.5) is 5.82 Å². The lowest BCUT2D eigenvalue weighted by Gasteiger charge is -2.08. The summed E-state index contributed by atoms with van der Waals surface area (Å²) < 4.78 is 1.95. The Bertz CT molecular complexity index is 767. The number of rotatable bonds is 3. The van der Waals surface area contributed by atoms with Crippen LogP contribution < -0.4 is 5.32 Å². The molecule has 6 heteroatoms. The zero-order valence-electron chi connectivity index (χ0n) is 10.8. The van der Waals surface area contributed by atoms with E-state index in [0.717, 1.165) is 22.4 Å². The van der Waals surface area contributed by atoms with Gasteiger partial charge in [-0.3, -0.25) is 0 Å². The Morgan fingerprint density at radius 3 is 2.90 bits per heavy atom. The van der Waals surface area contributed by atoms with Crippen molar-refractivity contribution in [1.29, 1.82) is 0 Å². The number of hydrogen-bond donors (Lipinski definition) is 1. The monoisotopic (exact) mass is 306 g/mol. The van der Waals surface area contributed by atoms with Gasteiger partial charge in [0.2, 0.25) is 0 Å². The predicted octanol–water partition coefficient (Wildman–Crippen LogP) is 3.89. The van der Waals surface area contributed by atoms with Gasteiger partial charge in [0.25, 0.3) is 0 Å². The number of aryl methyl sites for hydroxylation is 1. The molecule has 0 aliphatic rings. The maximum absolute atomic E-state index is 6.15. The quantitative estimate of drug-likeness (QED) is 0.798. The van der Waals surface area contributed by atoms with Gasteiger partial charge in [0.15, 0.2) is 5.82 Å². The van der Waals surface area contributed by atoms with Crippen LogP contribution in [-0.4, -0.2) is 14.5 Å². The van der Waals surface area contributed by atoms with Crippen LogP contribution in [0.25, 0.3) is 11.0 Å². The van der Waals surface area contributed by atoms with Crippen LogP contribution in [0, 0.1) is 0 Å². The van der Waals surface area contributed by atoms with Crippen molar-refractivity contribution in [3.8, 4) is 0 Å². The van der Waals surface area contributed by atoms with E-state index in [0.29, 0.717) is 16.6 Å². The molecule has 102 valence electrons.